The van der Waals surface area contributed by atoms with Crippen molar-refractivity contribution in [3.63, 3.8) is 0 Å². The van der Waals surface area contributed by atoms with Gasteiger partial charge in [-0.25, -0.2) is 0 Å². The average Bonchev–Trinajstić information content (AvgIpc) is 3.11. The molecule has 4 nitrogen and oxygen atoms in total. The zero-order valence-electron chi connectivity index (χ0n) is 11.0. The van der Waals surface area contributed by atoms with Gasteiger partial charge in [-0.15, -0.1) is 0 Å². The lowest BCUT2D eigenvalue weighted by molar-refractivity contribution is -0.128. The fourth-order valence-electron chi connectivity index (χ4n) is 2.83. The van der Waals surface area contributed by atoms with Gasteiger partial charge in [0, 0.05) is 18.6 Å². The number of rotatable bonds is 4. The second-order valence-electron chi connectivity index (χ2n) is 5.62. The van der Waals surface area contributed by atoms with Gasteiger partial charge in [0.05, 0.1) is 6.04 Å². The lowest BCUT2D eigenvalue weighted by Gasteiger charge is -2.42. The minimum Gasteiger partial charge on any atom is -0.352 e. The van der Waals surface area contributed by atoms with Crippen molar-refractivity contribution in [2.24, 2.45) is 11.7 Å². The first-order valence-corrected chi connectivity index (χ1v) is 6.89. The van der Waals surface area contributed by atoms with E-state index in [4.69, 9.17) is 5.73 Å². The van der Waals surface area contributed by atoms with Crippen molar-refractivity contribution in [1.82, 2.24) is 10.2 Å². The largest absolute Gasteiger partial charge is 0.352 e. The summed E-state index contributed by atoms with van der Waals surface area (Å²) >= 11 is 0. The summed E-state index contributed by atoms with van der Waals surface area (Å²) in [4.78, 5) is 14.4. The summed E-state index contributed by atoms with van der Waals surface area (Å²) < 4.78 is 0. The van der Waals surface area contributed by atoms with Crippen molar-refractivity contribution in [2.75, 3.05) is 13.1 Å². The summed E-state index contributed by atoms with van der Waals surface area (Å²) in [6, 6.07) is 0.777. The van der Waals surface area contributed by atoms with Crippen LogP contribution in [0.1, 0.15) is 39.5 Å². The molecule has 17 heavy (non-hydrogen) atoms. The molecular formula is C13H25N3O. The number of piperidine rings is 1. The van der Waals surface area contributed by atoms with Gasteiger partial charge in [-0.05, 0) is 45.1 Å². The summed E-state index contributed by atoms with van der Waals surface area (Å²) in [5.41, 5.74) is 5.86. The van der Waals surface area contributed by atoms with E-state index in [0.29, 0.717) is 24.5 Å². The standard InChI is InChI=1S/C13H25N3O/c1-9-4-3-7-16(12(9)8-14)10(2)13(17)15-11-5-6-11/h9-12H,3-8,14H2,1-2H3,(H,15,17). The second-order valence-corrected chi connectivity index (χ2v) is 5.62. The van der Waals surface area contributed by atoms with Crippen LogP contribution in [-0.4, -0.2) is 42.0 Å². The normalized spacial score (nSPS) is 32.2. The maximum atomic E-state index is 12.1. The molecule has 2 fully saturated rings. The smallest absolute Gasteiger partial charge is 0.237 e. The van der Waals surface area contributed by atoms with E-state index in [-0.39, 0.29) is 11.9 Å². The molecule has 3 atom stereocenters. The third-order valence-corrected chi connectivity index (χ3v) is 4.20. The molecule has 1 aliphatic carbocycles. The van der Waals surface area contributed by atoms with Gasteiger partial charge >= 0.3 is 0 Å². The van der Waals surface area contributed by atoms with Crippen LogP contribution in [0.4, 0.5) is 0 Å². The van der Waals surface area contributed by atoms with Crippen molar-refractivity contribution in [1.29, 1.82) is 0 Å². The first kappa shape index (κ1) is 12.8. The molecule has 0 aromatic carbocycles. The van der Waals surface area contributed by atoms with Crippen LogP contribution in [0.3, 0.4) is 0 Å². The van der Waals surface area contributed by atoms with Crippen LogP contribution in [0.15, 0.2) is 0 Å². The van der Waals surface area contributed by atoms with E-state index in [9.17, 15) is 4.79 Å². The molecule has 2 aliphatic rings. The second kappa shape index (κ2) is 5.36. The summed E-state index contributed by atoms with van der Waals surface area (Å²) in [6.07, 6.45) is 4.71. The molecule has 1 amide bonds. The van der Waals surface area contributed by atoms with Gasteiger partial charge in [0.15, 0.2) is 0 Å². The molecule has 4 heteroatoms. The third kappa shape index (κ3) is 2.99. The Hall–Kier alpha value is -0.610. The first-order chi connectivity index (χ1) is 8.13. The Morgan fingerprint density at radius 1 is 1.47 bits per heavy atom. The molecule has 1 heterocycles. The molecule has 0 aromatic rings. The predicted molar refractivity (Wildman–Crippen MR) is 68.6 cm³/mol. The van der Waals surface area contributed by atoms with Crippen LogP contribution >= 0.6 is 0 Å². The highest BCUT2D eigenvalue weighted by molar-refractivity contribution is 5.81. The number of amides is 1. The first-order valence-electron chi connectivity index (χ1n) is 6.89. The minimum atomic E-state index is -0.0353. The molecule has 98 valence electrons. The van der Waals surface area contributed by atoms with E-state index in [1.165, 1.54) is 12.8 Å². The molecule has 3 unspecified atom stereocenters. The molecular weight excluding hydrogens is 214 g/mol. The van der Waals surface area contributed by atoms with Crippen LogP contribution in [0.2, 0.25) is 0 Å². The third-order valence-electron chi connectivity index (χ3n) is 4.20. The van der Waals surface area contributed by atoms with Crippen LogP contribution < -0.4 is 11.1 Å². The van der Waals surface area contributed by atoms with E-state index in [1.807, 2.05) is 6.92 Å². The van der Waals surface area contributed by atoms with Crippen molar-refractivity contribution < 1.29 is 4.79 Å². The minimum absolute atomic E-state index is 0.0353. The number of carbonyl (C=O) groups excluding carboxylic acids is 1. The number of carbonyl (C=O) groups is 1. The lowest BCUT2D eigenvalue weighted by Crippen LogP contribution is -2.56. The summed E-state index contributed by atoms with van der Waals surface area (Å²) in [6.45, 7) is 5.92. The van der Waals surface area contributed by atoms with Crippen molar-refractivity contribution in [2.45, 2.75) is 57.7 Å². The van der Waals surface area contributed by atoms with Crippen LogP contribution in [0, 0.1) is 5.92 Å². The number of likely N-dealkylation sites (tertiary alicyclic amines) is 1. The molecule has 0 radical (unpaired) electrons. The van der Waals surface area contributed by atoms with E-state index in [2.05, 4.69) is 17.1 Å². The molecule has 1 saturated heterocycles. The Balaban J connectivity index is 1.95. The van der Waals surface area contributed by atoms with Gasteiger partial charge < -0.3 is 11.1 Å². The number of nitrogens with two attached hydrogens (primary N) is 1. The molecule has 0 aromatic heterocycles. The highest BCUT2D eigenvalue weighted by Crippen LogP contribution is 2.25. The lowest BCUT2D eigenvalue weighted by atomic mass is 9.89. The zero-order valence-corrected chi connectivity index (χ0v) is 11.0. The zero-order chi connectivity index (χ0) is 12.4. The van der Waals surface area contributed by atoms with Crippen molar-refractivity contribution >= 4 is 5.91 Å². The summed E-state index contributed by atoms with van der Waals surface area (Å²) in [5.74, 6) is 0.782. The fraction of sp³-hybridized carbons (Fsp3) is 0.923. The molecule has 1 aliphatic heterocycles. The highest BCUT2D eigenvalue weighted by Gasteiger charge is 2.35. The number of hydrogen-bond donors (Lipinski definition) is 2. The van der Waals surface area contributed by atoms with E-state index < -0.39 is 0 Å². The maximum absolute atomic E-state index is 12.1. The number of hydrogen-bond acceptors (Lipinski definition) is 3. The van der Waals surface area contributed by atoms with Gasteiger partial charge in [0.1, 0.15) is 0 Å². The Kier molecular flexibility index (Phi) is 4.05. The molecule has 2 rings (SSSR count). The Labute approximate surface area is 104 Å². The van der Waals surface area contributed by atoms with Gasteiger partial charge in [0.25, 0.3) is 0 Å². The average molecular weight is 239 g/mol. The highest BCUT2D eigenvalue weighted by atomic mass is 16.2. The maximum Gasteiger partial charge on any atom is 0.237 e. The Morgan fingerprint density at radius 2 is 2.18 bits per heavy atom. The molecule has 0 spiro atoms. The fourth-order valence-corrected chi connectivity index (χ4v) is 2.83. The van der Waals surface area contributed by atoms with Crippen LogP contribution in [-0.2, 0) is 4.79 Å². The molecule has 0 bridgehead atoms. The van der Waals surface area contributed by atoms with Crippen molar-refractivity contribution in [3.05, 3.63) is 0 Å². The van der Waals surface area contributed by atoms with Gasteiger partial charge in [-0.1, -0.05) is 6.92 Å². The van der Waals surface area contributed by atoms with E-state index in [0.717, 1.165) is 19.4 Å². The Bertz CT molecular complexity index is 278. The number of nitrogens with zero attached hydrogens (tertiary/aromatic N) is 1. The van der Waals surface area contributed by atoms with E-state index in [1.54, 1.807) is 0 Å². The number of nitrogens with one attached hydrogen (secondary N) is 1. The van der Waals surface area contributed by atoms with Crippen molar-refractivity contribution in [3.8, 4) is 0 Å². The summed E-state index contributed by atoms with van der Waals surface area (Å²) in [7, 11) is 0. The quantitative estimate of drug-likeness (QED) is 0.760. The predicted octanol–water partition coefficient (Wildman–Crippen LogP) is 0.713. The van der Waals surface area contributed by atoms with Crippen LogP contribution in [0.25, 0.3) is 0 Å². The summed E-state index contributed by atoms with van der Waals surface area (Å²) in [5, 5.41) is 3.09. The van der Waals surface area contributed by atoms with Gasteiger partial charge in [0.2, 0.25) is 5.91 Å². The Morgan fingerprint density at radius 3 is 2.76 bits per heavy atom. The molecule has 3 N–H and O–H groups in total. The van der Waals surface area contributed by atoms with Gasteiger partial charge in [-0.2, -0.15) is 0 Å². The van der Waals surface area contributed by atoms with Crippen LogP contribution in [0.5, 0.6) is 0 Å². The van der Waals surface area contributed by atoms with E-state index >= 15 is 0 Å². The SMILES string of the molecule is CC1CCCN(C(C)C(=O)NC2CC2)C1CN. The van der Waals surface area contributed by atoms with Gasteiger partial charge in [-0.3, -0.25) is 9.69 Å². The topological polar surface area (TPSA) is 58.4 Å². The molecule has 1 saturated carbocycles. The monoisotopic (exact) mass is 239 g/mol.